The summed E-state index contributed by atoms with van der Waals surface area (Å²) >= 11 is 0. The molecule has 3 rings (SSSR count). The lowest BCUT2D eigenvalue weighted by molar-refractivity contribution is 0.441. The van der Waals surface area contributed by atoms with Crippen LogP contribution in [0, 0.1) is 5.82 Å². The molecule has 1 N–H and O–H groups in total. The van der Waals surface area contributed by atoms with E-state index in [2.05, 4.69) is 12.2 Å². The third-order valence-electron chi connectivity index (χ3n) is 3.70. The van der Waals surface area contributed by atoms with Gasteiger partial charge >= 0.3 is 0 Å². The Bertz CT molecular complexity index is 622. The standard InChI is InChI=1S/C18H20FNO/c1-2-13-4-3-5-16(10-13)21-18-9-6-14(11-17(18)19)12-20-15-7-8-15/h3-6,9-11,15,20H,2,7-8,12H2,1H3. The molecule has 1 saturated carbocycles. The molecule has 0 radical (unpaired) electrons. The Labute approximate surface area is 125 Å². The lowest BCUT2D eigenvalue weighted by atomic mass is 10.1. The average Bonchev–Trinajstić information content (AvgIpc) is 3.32. The van der Waals surface area contributed by atoms with Crippen LogP contribution >= 0.6 is 0 Å². The molecule has 1 fully saturated rings. The normalized spacial score (nSPS) is 14.2. The van der Waals surface area contributed by atoms with Gasteiger partial charge in [-0.25, -0.2) is 4.39 Å². The number of hydrogen-bond donors (Lipinski definition) is 1. The zero-order valence-electron chi connectivity index (χ0n) is 12.2. The molecule has 0 aliphatic heterocycles. The second-order valence-electron chi connectivity index (χ2n) is 5.52. The lowest BCUT2D eigenvalue weighted by Crippen LogP contribution is -2.15. The zero-order valence-corrected chi connectivity index (χ0v) is 12.2. The van der Waals surface area contributed by atoms with Crippen LogP contribution in [0.1, 0.15) is 30.9 Å². The predicted octanol–water partition coefficient (Wildman–Crippen LogP) is 4.43. The number of rotatable bonds is 6. The van der Waals surface area contributed by atoms with Gasteiger partial charge in [0.1, 0.15) is 5.75 Å². The highest BCUT2D eigenvalue weighted by atomic mass is 19.1. The Kier molecular flexibility index (Phi) is 4.20. The molecule has 2 aromatic carbocycles. The molecular formula is C18H20FNO. The minimum absolute atomic E-state index is 0.276. The first kappa shape index (κ1) is 14.1. The molecule has 0 atom stereocenters. The summed E-state index contributed by atoms with van der Waals surface area (Å²) in [7, 11) is 0. The van der Waals surface area contributed by atoms with Crippen molar-refractivity contribution in [2.45, 2.75) is 38.8 Å². The van der Waals surface area contributed by atoms with E-state index < -0.39 is 0 Å². The molecule has 3 heteroatoms. The van der Waals surface area contributed by atoms with Crippen LogP contribution in [-0.4, -0.2) is 6.04 Å². The van der Waals surface area contributed by atoms with E-state index in [0.717, 1.165) is 12.0 Å². The maximum atomic E-state index is 14.1. The van der Waals surface area contributed by atoms with Crippen molar-refractivity contribution in [1.29, 1.82) is 0 Å². The first-order valence-electron chi connectivity index (χ1n) is 7.53. The second kappa shape index (κ2) is 6.27. The maximum absolute atomic E-state index is 14.1. The summed E-state index contributed by atoms with van der Waals surface area (Å²) in [6, 6.07) is 13.6. The van der Waals surface area contributed by atoms with Crippen LogP contribution in [0.2, 0.25) is 0 Å². The SMILES string of the molecule is CCc1cccc(Oc2ccc(CNC3CC3)cc2F)c1. The first-order chi connectivity index (χ1) is 10.2. The molecule has 1 aliphatic rings. The summed E-state index contributed by atoms with van der Waals surface area (Å²) < 4.78 is 19.8. The van der Waals surface area contributed by atoms with Gasteiger partial charge in [-0.3, -0.25) is 0 Å². The van der Waals surface area contributed by atoms with Gasteiger partial charge in [0.2, 0.25) is 0 Å². The maximum Gasteiger partial charge on any atom is 0.166 e. The second-order valence-corrected chi connectivity index (χ2v) is 5.52. The molecule has 110 valence electrons. The van der Waals surface area contributed by atoms with Crippen molar-refractivity contribution in [1.82, 2.24) is 5.32 Å². The van der Waals surface area contributed by atoms with Crippen LogP contribution in [0.15, 0.2) is 42.5 Å². The number of aryl methyl sites for hydroxylation is 1. The first-order valence-corrected chi connectivity index (χ1v) is 7.53. The van der Waals surface area contributed by atoms with Gasteiger partial charge in [0.25, 0.3) is 0 Å². The van der Waals surface area contributed by atoms with E-state index in [0.29, 0.717) is 18.3 Å². The average molecular weight is 285 g/mol. The molecule has 2 nitrogen and oxygen atoms in total. The third-order valence-corrected chi connectivity index (χ3v) is 3.70. The number of benzene rings is 2. The Hall–Kier alpha value is -1.87. The fourth-order valence-corrected chi connectivity index (χ4v) is 2.24. The third kappa shape index (κ3) is 3.82. The van der Waals surface area contributed by atoms with Crippen molar-refractivity contribution in [3.05, 3.63) is 59.4 Å². The van der Waals surface area contributed by atoms with Crippen molar-refractivity contribution in [3.8, 4) is 11.5 Å². The van der Waals surface area contributed by atoms with E-state index in [9.17, 15) is 4.39 Å². The van der Waals surface area contributed by atoms with E-state index in [1.165, 1.54) is 18.4 Å². The molecule has 1 aliphatic carbocycles. The van der Waals surface area contributed by atoms with Gasteiger partial charge in [-0.1, -0.05) is 25.1 Å². The Morgan fingerprint density at radius 2 is 2.00 bits per heavy atom. The van der Waals surface area contributed by atoms with Crippen LogP contribution < -0.4 is 10.1 Å². The van der Waals surface area contributed by atoms with Gasteiger partial charge in [-0.05, 0) is 54.7 Å². The van der Waals surface area contributed by atoms with E-state index in [-0.39, 0.29) is 11.6 Å². The summed E-state index contributed by atoms with van der Waals surface area (Å²) in [4.78, 5) is 0. The van der Waals surface area contributed by atoms with E-state index in [1.54, 1.807) is 12.1 Å². The number of ether oxygens (including phenoxy) is 1. The molecule has 0 bridgehead atoms. The van der Waals surface area contributed by atoms with Crippen molar-refractivity contribution < 1.29 is 9.13 Å². The molecular weight excluding hydrogens is 265 g/mol. The topological polar surface area (TPSA) is 21.3 Å². The Morgan fingerprint density at radius 3 is 2.71 bits per heavy atom. The van der Waals surface area contributed by atoms with Crippen LogP contribution in [-0.2, 0) is 13.0 Å². The number of halogens is 1. The van der Waals surface area contributed by atoms with Crippen LogP contribution in [0.4, 0.5) is 4.39 Å². The highest BCUT2D eigenvalue weighted by Crippen LogP contribution is 2.26. The van der Waals surface area contributed by atoms with Gasteiger partial charge in [-0.2, -0.15) is 0 Å². The fraction of sp³-hybridized carbons (Fsp3) is 0.333. The fourth-order valence-electron chi connectivity index (χ4n) is 2.24. The van der Waals surface area contributed by atoms with Gasteiger partial charge < -0.3 is 10.1 Å². The number of nitrogens with one attached hydrogen (secondary N) is 1. The molecule has 0 amide bonds. The summed E-state index contributed by atoms with van der Waals surface area (Å²) in [5, 5.41) is 3.38. The summed E-state index contributed by atoms with van der Waals surface area (Å²) in [5.74, 6) is 0.641. The van der Waals surface area contributed by atoms with Gasteiger partial charge in [0, 0.05) is 12.6 Å². The molecule has 0 unspecified atom stereocenters. The predicted molar refractivity (Wildman–Crippen MR) is 82.2 cm³/mol. The highest BCUT2D eigenvalue weighted by molar-refractivity contribution is 5.36. The minimum Gasteiger partial charge on any atom is -0.454 e. The molecule has 0 saturated heterocycles. The van der Waals surface area contributed by atoms with Crippen molar-refractivity contribution in [2.75, 3.05) is 0 Å². The van der Waals surface area contributed by atoms with Crippen LogP contribution in [0.3, 0.4) is 0 Å². The largest absolute Gasteiger partial charge is 0.454 e. The smallest absolute Gasteiger partial charge is 0.166 e. The minimum atomic E-state index is -0.313. The van der Waals surface area contributed by atoms with Crippen LogP contribution in [0.25, 0.3) is 0 Å². The molecule has 0 spiro atoms. The van der Waals surface area contributed by atoms with Gasteiger partial charge in [0.05, 0.1) is 0 Å². The summed E-state index contributed by atoms with van der Waals surface area (Å²) in [6.07, 6.45) is 3.40. The van der Waals surface area contributed by atoms with E-state index in [4.69, 9.17) is 4.74 Å². The van der Waals surface area contributed by atoms with Gasteiger partial charge in [-0.15, -0.1) is 0 Å². The van der Waals surface area contributed by atoms with E-state index in [1.807, 2.05) is 30.3 Å². The van der Waals surface area contributed by atoms with Crippen molar-refractivity contribution >= 4 is 0 Å². The highest BCUT2D eigenvalue weighted by Gasteiger charge is 2.20. The lowest BCUT2D eigenvalue weighted by Gasteiger charge is -2.10. The van der Waals surface area contributed by atoms with Crippen LogP contribution in [0.5, 0.6) is 11.5 Å². The monoisotopic (exact) mass is 285 g/mol. The summed E-state index contributed by atoms with van der Waals surface area (Å²) in [6.45, 7) is 2.80. The molecule has 2 aromatic rings. The molecule has 21 heavy (non-hydrogen) atoms. The Morgan fingerprint density at radius 1 is 1.14 bits per heavy atom. The quantitative estimate of drug-likeness (QED) is 0.847. The van der Waals surface area contributed by atoms with Gasteiger partial charge in [0.15, 0.2) is 11.6 Å². The van der Waals surface area contributed by atoms with Crippen molar-refractivity contribution in [2.24, 2.45) is 0 Å². The van der Waals surface area contributed by atoms with Crippen molar-refractivity contribution in [3.63, 3.8) is 0 Å². The number of hydrogen-bond acceptors (Lipinski definition) is 2. The molecule has 0 aromatic heterocycles. The van der Waals surface area contributed by atoms with E-state index >= 15 is 0 Å². The Balaban J connectivity index is 1.69. The molecule has 0 heterocycles. The summed E-state index contributed by atoms with van der Waals surface area (Å²) in [5.41, 5.74) is 2.13. The zero-order chi connectivity index (χ0) is 14.7.